The van der Waals surface area contributed by atoms with Gasteiger partial charge in [-0.05, 0) is 49.9 Å². The van der Waals surface area contributed by atoms with Gasteiger partial charge in [0.05, 0.1) is 4.90 Å². The second kappa shape index (κ2) is 5.50. The smallest absolute Gasteiger partial charge is 0.207 e. The van der Waals surface area contributed by atoms with Crippen molar-refractivity contribution in [2.45, 2.75) is 36.4 Å². The van der Waals surface area contributed by atoms with Crippen molar-refractivity contribution in [1.82, 2.24) is 4.31 Å². The zero-order chi connectivity index (χ0) is 14.2. The Labute approximate surface area is 122 Å². The largest absolute Gasteiger partial charge is 0.243 e. The molecule has 1 aromatic rings. The van der Waals surface area contributed by atoms with E-state index in [1.165, 1.54) is 16.4 Å². The third-order valence-corrected chi connectivity index (χ3v) is 6.27. The van der Waals surface area contributed by atoms with Crippen LogP contribution in [-0.4, -0.2) is 30.6 Å². The van der Waals surface area contributed by atoms with Gasteiger partial charge in [-0.2, -0.15) is 4.31 Å². The van der Waals surface area contributed by atoms with Crippen LogP contribution >= 0.6 is 15.9 Å². The molecule has 0 bridgehead atoms. The average Bonchev–Trinajstić information content (AvgIpc) is 2.26. The number of hydrogen-bond donors (Lipinski definition) is 0. The quantitative estimate of drug-likeness (QED) is 0.769. The van der Waals surface area contributed by atoms with E-state index in [4.69, 9.17) is 0 Å². The molecule has 1 heterocycles. The molecule has 1 unspecified atom stereocenters. The van der Waals surface area contributed by atoms with Crippen LogP contribution in [0.2, 0.25) is 0 Å². The molecule has 0 aromatic heterocycles. The molecule has 1 atom stereocenters. The lowest BCUT2D eigenvalue weighted by Gasteiger charge is -2.30. The van der Waals surface area contributed by atoms with Crippen molar-refractivity contribution in [3.05, 3.63) is 29.1 Å². The summed E-state index contributed by atoms with van der Waals surface area (Å²) in [4.78, 5) is 0.438. The molecule has 2 rings (SSSR count). The lowest BCUT2D eigenvalue weighted by Crippen LogP contribution is -2.40. The Kier molecular flexibility index (Phi) is 4.32. The molecule has 0 N–H and O–H groups in total. The molecule has 1 aliphatic rings. The van der Waals surface area contributed by atoms with E-state index < -0.39 is 15.8 Å². The molecule has 3 nitrogen and oxygen atoms in total. The Morgan fingerprint density at radius 1 is 1.32 bits per heavy atom. The Hall–Kier alpha value is -0.460. The molecule has 1 aliphatic heterocycles. The van der Waals surface area contributed by atoms with Crippen molar-refractivity contribution in [2.24, 2.45) is 0 Å². The van der Waals surface area contributed by atoms with Gasteiger partial charge in [0, 0.05) is 17.9 Å². The minimum absolute atomic E-state index is 0.192. The average molecular weight is 350 g/mol. The standard InChI is InChI=1S/C13H17BrFNO2S/c1-9-6-12(15)7-10(2)13(9)19(17,18)16-5-3-4-11(14)8-16/h6-7,11H,3-5,8H2,1-2H3. The van der Waals surface area contributed by atoms with Crippen LogP contribution in [0, 0.1) is 19.7 Å². The maximum Gasteiger partial charge on any atom is 0.243 e. The first-order chi connectivity index (χ1) is 8.82. The van der Waals surface area contributed by atoms with E-state index >= 15 is 0 Å². The number of sulfonamides is 1. The minimum atomic E-state index is -3.54. The fourth-order valence-corrected chi connectivity index (χ4v) is 5.34. The maximum absolute atomic E-state index is 13.3. The molecule has 1 saturated heterocycles. The number of nitrogens with zero attached hydrogens (tertiary/aromatic N) is 1. The van der Waals surface area contributed by atoms with Gasteiger partial charge >= 0.3 is 0 Å². The minimum Gasteiger partial charge on any atom is -0.207 e. The summed E-state index contributed by atoms with van der Waals surface area (Å²) in [6, 6.07) is 2.55. The zero-order valence-corrected chi connectivity index (χ0v) is 13.4. The Balaban J connectivity index is 2.45. The van der Waals surface area contributed by atoms with E-state index in [0.29, 0.717) is 24.2 Å². The molecule has 0 amide bonds. The van der Waals surface area contributed by atoms with Crippen LogP contribution in [0.5, 0.6) is 0 Å². The fourth-order valence-electron chi connectivity index (χ4n) is 2.54. The summed E-state index contributed by atoms with van der Waals surface area (Å²) in [7, 11) is -3.54. The number of aryl methyl sites for hydroxylation is 2. The number of piperidine rings is 1. The van der Waals surface area contributed by atoms with Gasteiger partial charge in [0.25, 0.3) is 0 Å². The van der Waals surface area contributed by atoms with Crippen LogP contribution in [-0.2, 0) is 10.0 Å². The number of benzene rings is 1. The van der Waals surface area contributed by atoms with Crippen LogP contribution in [0.3, 0.4) is 0 Å². The van der Waals surface area contributed by atoms with Crippen LogP contribution in [0.25, 0.3) is 0 Å². The van der Waals surface area contributed by atoms with Crippen molar-refractivity contribution in [3.8, 4) is 0 Å². The zero-order valence-electron chi connectivity index (χ0n) is 11.0. The van der Waals surface area contributed by atoms with Crippen molar-refractivity contribution < 1.29 is 12.8 Å². The summed E-state index contributed by atoms with van der Waals surface area (Å²) in [6.07, 6.45) is 1.82. The molecular formula is C13H17BrFNO2S. The van der Waals surface area contributed by atoms with Crippen molar-refractivity contribution in [1.29, 1.82) is 0 Å². The van der Waals surface area contributed by atoms with Gasteiger partial charge in [-0.25, -0.2) is 12.8 Å². The number of halogens is 2. The van der Waals surface area contributed by atoms with Crippen molar-refractivity contribution in [3.63, 3.8) is 0 Å². The lowest BCUT2D eigenvalue weighted by atomic mass is 10.1. The summed E-state index contributed by atoms with van der Waals surface area (Å²) < 4.78 is 40.1. The SMILES string of the molecule is Cc1cc(F)cc(C)c1S(=O)(=O)N1CCCC(Br)C1. The first-order valence-corrected chi connectivity index (χ1v) is 8.59. The van der Waals surface area contributed by atoms with Gasteiger partial charge in [0.15, 0.2) is 0 Å². The van der Waals surface area contributed by atoms with E-state index in [0.717, 1.165) is 12.8 Å². The van der Waals surface area contributed by atoms with E-state index in [1.54, 1.807) is 13.8 Å². The third-order valence-electron chi connectivity index (χ3n) is 3.35. The molecule has 0 saturated carbocycles. The summed E-state index contributed by atoms with van der Waals surface area (Å²) in [5.74, 6) is -0.397. The van der Waals surface area contributed by atoms with Gasteiger partial charge in [-0.1, -0.05) is 15.9 Å². The highest BCUT2D eigenvalue weighted by Crippen LogP contribution is 2.28. The van der Waals surface area contributed by atoms with Crippen LogP contribution in [0.4, 0.5) is 4.39 Å². The first kappa shape index (κ1) is 14.9. The molecule has 0 aliphatic carbocycles. The Bertz CT molecular complexity index is 565. The number of alkyl halides is 1. The highest BCUT2D eigenvalue weighted by Gasteiger charge is 2.31. The summed E-state index contributed by atoms with van der Waals surface area (Å²) >= 11 is 3.48. The molecule has 1 fully saturated rings. The summed E-state index contributed by atoms with van der Waals surface area (Å²) in [5.41, 5.74) is 0.934. The molecule has 0 spiro atoms. The molecule has 106 valence electrons. The van der Waals surface area contributed by atoms with E-state index in [1.807, 2.05) is 0 Å². The lowest BCUT2D eigenvalue weighted by molar-refractivity contribution is 0.355. The van der Waals surface area contributed by atoms with Crippen LogP contribution < -0.4 is 0 Å². The number of hydrogen-bond acceptors (Lipinski definition) is 2. The summed E-state index contributed by atoms with van der Waals surface area (Å²) in [6.45, 7) is 4.27. The van der Waals surface area contributed by atoms with Crippen molar-refractivity contribution >= 4 is 26.0 Å². The number of rotatable bonds is 2. The topological polar surface area (TPSA) is 37.4 Å². The summed E-state index contributed by atoms with van der Waals surface area (Å²) in [5, 5.41) is 0. The van der Waals surface area contributed by atoms with Gasteiger partial charge in [-0.3, -0.25) is 0 Å². The van der Waals surface area contributed by atoms with Gasteiger partial charge < -0.3 is 0 Å². The van der Waals surface area contributed by atoms with E-state index in [-0.39, 0.29) is 9.72 Å². The third kappa shape index (κ3) is 3.01. The van der Waals surface area contributed by atoms with Crippen LogP contribution in [0.15, 0.2) is 17.0 Å². The highest BCUT2D eigenvalue weighted by atomic mass is 79.9. The predicted octanol–water partition coefficient (Wildman–Crippen LogP) is 2.99. The second-order valence-corrected chi connectivity index (χ2v) is 8.14. The highest BCUT2D eigenvalue weighted by molar-refractivity contribution is 9.09. The Morgan fingerprint density at radius 3 is 2.42 bits per heavy atom. The van der Waals surface area contributed by atoms with Gasteiger partial charge in [0.2, 0.25) is 10.0 Å². The molecule has 6 heteroatoms. The van der Waals surface area contributed by atoms with Crippen molar-refractivity contribution in [2.75, 3.05) is 13.1 Å². The van der Waals surface area contributed by atoms with Gasteiger partial charge in [0.1, 0.15) is 5.82 Å². The normalized spacial score (nSPS) is 21.6. The molecule has 19 heavy (non-hydrogen) atoms. The van der Waals surface area contributed by atoms with Gasteiger partial charge in [-0.15, -0.1) is 0 Å². The maximum atomic E-state index is 13.3. The molecule has 1 aromatic carbocycles. The fraction of sp³-hybridized carbons (Fsp3) is 0.538. The monoisotopic (exact) mass is 349 g/mol. The van der Waals surface area contributed by atoms with E-state index in [2.05, 4.69) is 15.9 Å². The second-order valence-electron chi connectivity index (χ2n) is 4.97. The Morgan fingerprint density at radius 2 is 1.89 bits per heavy atom. The molecular weight excluding hydrogens is 333 g/mol. The van der Waals surface area contributed by atoms with Crippen LogP contribution in [0.1, 0.15) is 24.0 Å². The van der Waals surface area contributed by atoms with E-state index in [9.17, 15) is 12.8 Å². The molecule has 0 radical (unpaired) electrons. The predicted molar refractivity (Wildman–Crippen MR) is 76.6 cm³/mol. The first-order valence-electron chi connectivity index (χ1n) is 6.23.